The molecule has 20 heavy (non-hydrogen) atoms. The molecule has 1 heterocycles. The first kappa shape index (κ1) is 16.2. The summed E-state index contributed by atoms with van der Waals surface area (Å²) in [7, 11) is 0. The minimum Gasteiger partial charge on any atom is -0.480 e. The SMILES string of the molecule is CC(C)C[C@@H](NC(=O)c1cnn(C(C)(C)C)c1)C(=O)O. The number of carbonyl (C=O) groups is 2. The third-order valence-corrected chi connectivity index (χ3v) is 2.84. The Kier molecular flexibility index (Phi) is 4.92. The van der Waals surface area contributed by atoms with Gasteiger partial charge in [-0.2, -0.15) is 5.10 Å². The van der Waals surface area contributed by atoms with Crippen molar-refractivity contribution in [2.24, 2.45) is 5.92 Å². The van der Waals surface area contributed by atoms with Gasteiger partial charge in [-0.25, -0.2) is 4.79 Å². The molecule has 0 aromatic carbocycles. The fraction of sp³-hybridized carbons (Fsp3) is 0.643. The van der Waals surface area contributed by atoms with Crippen LogP contribution in [0, 0.1) is 5.92 Å². The first-order valence-corrected chi connectivity index (χ1v) is 6.70. The van der Waals surface area contributed by atoms with Crippen LogP contribution in [0.25, 0.3) is 0 Å². The number of aromatic nitrogens is 2. The molecule has 0 bridgehead atoms. The summed E-state index contributed by atoms with van der Waals surface area (Å²) in [5.74, 6) is -1.24. The van der Waals surface area contributed by atoms with Gasteiger partial charge in [0.2, 0.25) is 0 Å². The molecular weight excluding hydrogens is 258 g/mol. The summed E-state index contributed by atoms with van der Waals surface area (Å²) in [6, 6.07) is -0.875. The third kappa shape index (κ3) is 4.36. The van der Waals surface area contributed by atoms with Crippen molar-refractivity contribution in [3.8, 4) is 0 Å². The van der Waals surface area contributed by atoms with Crippen LogP contribution < -0.4 is 5.32 Å². The molecular formula is C14H23N3O3. The zero-order valence-electron chi connectivity index (χ0n) is 12.7. The maximum absolute atomic E-state index is 12.1. The van der Waals surface area contributed by atoms with Crippen LogP contribution in [0.2, 0.25) is 0 Å². The van der Waals surface area contributed by atoms with Gasteiger partial charge in [0, 0.05) is 6.20 Å². The highest BCUT2D eigenvalue weighted by atomic mass is 16.4. The molecule has 0 unspecified atom stereocenters. The number of amides is 1. The van der Waals surface area contributed by atoms with Crippen LogP contribution in [0.5, 0.6) is 0 Å². The van der Waals surface area contributed by atoms with Crippen molar-refractivity contribution in [3.63, 3.8) is 0 Å². The summed E-state index contributed by atoms with van der Waals surface area (Å²) < 4.78 is 1.68. The summed E-state index contributed by atoms with van der Waals surface area (Å²) in [6.07, 6.45) is 3.48. The summed E-state index contributed by atoms with van der Waals surface area (Å²) in [6.45, 7) is 9.75. The van der Waals surface area contributed by atoms with Gasteiger partial charge in [0.25, 0.3) is 5.91 Å². The summed E-state index contributed by atoms with van der Waals surface area (Å²) in [4.78, 5) is 23.2. The number of hydrogen-bond acceptors (Lipinski definition) is 3. The van der Waals surface area contributed by atoms with E-state index in [2.05, 4.69) is 10.4 Å². The molecule has 0 aliphatic heterocycles. The number of nitrogens with zero attached hydrogens (tertiary/aromatic N) is 2. The molecule has 0 spiro atoms. The molecule has 2 N–H and O–H groups in total. The lowest BCUT2D eigenvalue weighted by molar-refractivity contribution is -0.139. The Morgan fingerprint density at radius 3 is 2.40 bits per heavy atom. The normalized spacial score (nSPS) is 13.3. The van der Waals surface area contributed by atoms with E-state index in [1.54, 1.807) is 10.9 Å². The zero-order valence-corrected chi connectivity index (χ0v) is 12.7. The van der Waals surface area contributed by atoms with Crippen LogP contribution in [-0.2, 0) is 10.3 Å². The Balaban J connectivity index is 2.79. The van der Waals surface area contributed by atoms with E-state index in [9.17, 15) is 9.59 Å². The lowest BCUT2D eigenvalue weighted by Gasteiger charge is -2.19. The molecule has 1 aromatic rings. The molecule has 1 aromatic heterocycles. The van der Waals surface area contributed by atoms with E-state index >= 15 is 0 Å². The molecule has 0 fully saturated rings. The number of carboxylic acid groups (broad SMARTS) is 1. The van der Waals surface area contributed by atoms with E-state index in [-0.39, 0.29) is 11.5 Å². The second kappa shape index (κ2) is 6.07. The van der Waals surface area contributed by atoms with Gasteiger partial charge < -0.3 is 10.4 Å². The van der Waals surface area contributed by atoms with E-state index in [4.69, 9.17) is 5.11 Å². The first-order valence-electron chi connectivity index (χ1n) is 6.70. The molecule has 1 rings (SSSR count). The van der Waals surface area contributed by atoms with E-state index in [1.807, 2.05) is 34.6 Å². The fourth-order valence-electron chi connectivity index (χ4n) is 1.74. The number of carboxylic acids is 1. The second-order valence-electron chi connectivity index (χ2n) is 6.34. The smallest absolute Gasteiger partial charge is 0.326 e. The summed E-state index contributed by atoms with van der Waals surface area (Å²) in [5, 5.41) is 15.8. The molecule has 0 aliphatic rings. The largest absolute Gasteiger partial charge is 0.480 e. The lowest BCUT2D eigenvalue weighted by Crippen LogP contribution is -2.41. The average molecular weight is 281 g/mol. The van der Waals surface area contributed by atoms with Crippen LogP contribution in [0.1, 0.15) is 51.4 Å². The number of hydrogen-bond donors (Lipinski definition) is 2. The van der Waals surface area contributed by atoms with Gasteiger partial charge in [-0.3, -0.25) is 9.48 Å². The Morgan fingerprint density at radius 1 is 1.40 bits per heavy atom. The fourth-order valence-corrected chi connectivity index (χ4v) is 1.74. The third-order valence-electron chi connectivity index (χ3n) is 2.84. The van der Waals surface area contributed by atoms with Gasteiger partial charge in [-0.15, -0.1) is 0 Å². The predicted molar refractivity (Wildman–Crippen MR) is 75.6 cm³/mol. The van der Waals surface area contributed by atoms with E-state index < -0.39 is 17.9 Å². The van der Waals surface area contributed by atoms with Gasteiger partial charge >= 0.3 is 5.97 Å². The highest BCUT2D eigenvalue weighted by molar-refractivity contribution is 5.96. The highest BCUT2D eigenvalue weighted by Crippen LogP contribution is 2.13. The van der Waals surface area contributed by atoms with Gasteiger partial charge in [-0.1, -0.05) is 13.8 Å². The Morgan fingerprint density at radius 2 is 2.00 bits per heavy atom. The van der Waals surface area contributed by atoms with Crippen LogP contribution >= 0.6 is 0 Å². The van der Waals surface area contributed by atoms with Crippen molar-refractivity contribution in [1.29, 1.82) is 0 Å². The van der Waals surface area contributed by atoms with Crippen molar-refractivity contribution in [2.75, 3.05) is 0 Å². The predicted octanol–water partition coefficient (Wildman–Crippen LogP) is 1.87. The Labute approximate surface area is 119 Å². The molecule has 0 saturated heterocycles. The van der Waals surface area contributed by atoms with Crippen LogP contribution in [0.4, 0.5) is 0 Å². The van der Waals surface area contributed by atoms with Gasteiger partial charge in [0.15, 0.2) is 0 Å². The zero-order chi connectivity index (χ0) is 15.5. The number of aliphatic carboxylic acids is 1. The highest BCUT2D eigenvalue weighted by Gasteiger charge is 2.23. The van der Waals surface area contributed by atoms with E-state index in [0.717, 1.165) is 0 Å². The molecule has 1 amide bonds. The van der Waals surface area contributed by atoms with E-state index in [1.165, 1.54) is 6.20 Å². The van der Waals surface area contributed by atoms with Crippen molar-refractivity contribution in [3.05, 3.63) is 18.0 Å². The lowest BCUT2D eigenvalue weighted by atomic mass is 10.0. The van der Waals surface area contributed by atoms with Crippen molar-refractivity contribution < 1.29 is 14.7 Å². The van der Waals surface area contributed by atoms with Gasteiger partial charge in [0.05, 0.1) is 17.3 Å². The quantitative estimate of drug-likeness (QED) is 0.863. The molecule has 112 valence electrons. The molecule has 0 aliphatic carbocycles. The molecule has 0 radical (unpaired) electrons. The Hall–Kier alpha value is -1.85. The van der Waals surface area contributed by atoms with Gasteiger partial charge in [0.1, 0.15) is 6.04 Å². The molecule has 6 heteroatoms. The second-order valence-corrected chi connectivity index (χ2v) is 6.34. The van der Waals surface area contributed by atoms with Gasteiger partial charge in [-0.05, 0) is 33.1 Å². The van der Waals surface area contributed by atoms with Crippen molar-refractivity contribution >= 4 is 11.9 Å². The number of nitrogens with one attached hydrogen (secondary N) is 1. The monoisotopic (exact) mass is 281 g/mol. The topological polar surface area (TPSA) is 84.2 Å². The average Bonchev–Trinajstić information content (AvgIpc) is 2.75. The molecule has 1 atom stereocenters. The maximum atomic E-state index is 12.1. The summed E-state index contributed by atoms with van der Waals surface area (Å²) >= 11 is 0. The van der Waals surface area contributed by atoms with Crippen molar-refractivity contribution in [1.82, 2.24) is 15.1 Å². The van der Waals surface area contributed by atoms with Crippen molar-refractivity contribution in [2.45, 2.75) is 52.6 Å². The van der Waals surface area contributed by atoms with Crippen LogP contribution in [0.3, 0.4) is 0 Å². The van der Waals surface area contributed by atoms with Crippen LogP contribution in [-0.4, -0.2) is 32.8 Å². The van der Waals surface area contributed by atoms with Crippen LogP contribution in [0.15, 0.2) is 12.4 Å². The minimum absolute atomic E-state index is 0.189. The number of rotatable bonds is 5. The Bertz CT molecular complexity index is 486. The molecule has 6 nitrogen and oxygen atoms in total. The number of carbonyl (C=O) groups excluding carboxylic acids is 1. The standard InChI is InChI=1S/C14H23N3O3/c1-9(2)6-11(13(19)20)16-12(18)10-7-15-17(8-10)14(3,4)5/h7-9,11H,6H2,1-5H3,(H,16,18)(H,19,20)/t11-/m1/s1. The first-order chi connectivity index (χ1) is 9.11. The maximum Gasteiger partial charge on any atom is 0.326 e. The molecule has 0 saturated carbocycles. The minimum atomic E-state index is -1.02. The van der Waals surface area contributed by atoms with E-state index in [0.29, 0.717) is 12.0 Å². The summed E-state index contributed by atoms with van der Waals surface area (Å²) in [5.41, 5.74) is 0.151.